The molecular formula is C29H37ClN6O5. The maximum Gasteiger partial charge on any atom is 0.407 e. The SMILES string of the molecule is COC(=O)N[C@@H](CC/C=C/C(=O)N(C)C)C(=O)Nc1cccn(CCc2cc3ncc(Cl)c(CC(C)C)c3[nH]2)c1=O. The zero-order valence-corrected chi connectivity index (χ0v) is 24.7. The summed E-state index contributed by atoms with van der Waals surface area (Å²) in [5.41, 5.74) is 3.35. The normalized spacial score (nSPS) is 12.1. The van der Waals surface area contributed by atoms with Crippen molar-refractivity contribution < 1.29 is 19.1 Å². The zero-order valence-electron chi connectivity index (χ0n) is 24.0. The second-order valence-corrected chi connectivity index (χ2v) is 10.7. The number of H-pyrrole nitrogens is 1. The number of hydrogen-bond acceptors (Lipinski definition) is 6. The fourth-order valence-corrected chi connectivity index (χ4v) is 4.45. The highest BCUT2D eigenvalue weighted by atomic mass is 35.5. The number of carbonyl (C=O) groups excluding carboxylic acids is 3. The number of fused-ring (bicyclic) bond motifs is 1. The first kappa shape index (κ1) is 31.4. The molecule has 12 heteroatoms. The smallest absolute Gasteiger partial charge is 0.407 e. The van der Waals surface area contributed by atoms with Gasteiger partial charge in [0.2, 0.25) is 11.8 Å². The highest BCUT2D eigenvalue weighted by Crippen LogP contribution is 2.27. The first-order valence-electron chi connectivity index (χ1n) is 13.4. The van der Waals surface area contributed by atoms with Crippen LogP contribution in [0.4, 0.5) is 10.5 Å². The molecule has 3 amide bonds. The van der Waals surface area contributed by atoms with Crippen molar-refractivity contribution in [3.63, 3.8) is 0 Å². The van der Waals surface area contributed by atoms with Crippen LogP contribution in [0.25, 0.3) is 11.0 Å². The second-order valence-electron chi connectivity index (χ2n) is 10.3. The molecule has 0 fully saturated rings. The highest BCUT2D eigenvalue weighted by molar-refractivity contribution is 6.32. The summed E-state index contributed by atoms with van der Waals surface area (Å²) in [6, 6.07) is 4.15. The molecule has 41 heavy (non-hydrogen) atoms. The molecule has 1 atom stereocenters. The Morgan fingerprint density at radius 2 is 2.02 bits per heavy atom. The number of allylic oxidation sites excluding steroid dienone is 1. The van der Waals surface area contributed by atoms with Crippen molar-refractivity contribution in [3.8, 4) is 0 Å². The summed E-state index contributed by atoms with van der Waals surface area (Å²) >= 11 is 6.42. The van der Waals surface area contributed by atoms with Gasteiger partial charge >= 0.3 is 6.09 Å². The number of anilines is 1. The molecular weight excluding hydrogens is 548 g/mol. The van der Waals surface area contributed by atoms with Crippen molar-refractivity contribution in [2.24, 2.45) is 5.92 Å². The number of amides is 3. The Hall–Kier alpha value is -4.12. The number of likely N-dealkylation sites (N-methyl/N-ethyl adjacent to an activating group) is 1. The molecule has 3 rings (SSSR count). The Kier molecular flexibility index (Phi) is 11.1. The lowest BCUT2D eigenvalue weighted by atomic mass is 10.0. The van der Waals surface area contributed by atoms with Crippen LogP contribution in [0.3, 0.4) is 0 Å². The summed E-state index contributed by atoms with van der Waals surface area (Å²) in [5.74, 6) is -0.346. The number of halogens is 1. The van der Waals surface area contributed by atoms with Gasteiger partial charge in [-0.2, -0.15) is 0 Å². The van der Waals surface area contributed by atoms with Gasteiger partial charge in [0.05, 0.1) is 23.2 Å². The van der Waals surface area contributed by atoms with Gasteiger partial charge in [0.25, 0.3) is 5.56 Å². The van der Waals surface area contributed by atoms with Gasteiger partial charge in [0.15, 0.2) is 0 Å². The van der Waals surface area contributed by atoms with Crippen LogP contribution in [0.5, 0.6) is 0 Å². The van der Waals surface area contributed by atoms with E-state index < -0.39 is 18.0 Å². The number of alkyl carbamates (subject to hydrolysis) is 1. The van der Waals surface area contributed by atoms with Gasteiger partial charge in [-0.15, -0.1) is 0 Å². The van der Waals surface area contributed by atoms with Crippen molar-refractivity contribution >= 4 is 46.2 Å². The molecule has 3 aromatic rings. The fourth-order valence-electron chi connectivity index (χ4n) is 4.23. The minimum atomic E-state index is -0.986. The summed E-state index contributed by atoms with van der Waals surface area (Å²) in [6.07, 6.45) is 7.42. The van der Waals surface area contributed by atoms with Gasteiger partial charge in [-0.3, -0.25) is 19.4 Å². The van der Waals surface area contributed by atoms with E-state index in [4.69, 9.17) is 11.6 Å². The van der Waals surface area contributed by atoms with E-state index in [0.717, 1.165) is 28.7 Å². The minimum Gasteiger partial charge on any atom is -0.453 e. The van der Waals surface area contributed by atoms with Crippen molar-refractivity contribution in [1.82, 2.24) is 24.8 Å². The Balaban J connectivity index is 1.71. The van der Waals surface area contributed by atoms with Gasteiger partial charge < -0.3 is 29.8 Å². The molecule has 11 nitrogen and oxygen atoms in total. The molecule has 0 saturated carbocycles. The van der Waals surface area contributed by atoms with E-state index in [1.54, 1.807) is 38.6 Å². The average Bonchev–Trinajstić information content (AvgIpc) is 3.35. The van der Waals surface area contributed by atoms with Crippen LogP contribution in [0.1, 0.15) is 37.9 Å². The highest BCUT2D eigenvalue weighted by Gasteiger charge is 2.22. The maximum absolute atomic E-state index is 13.2. The topological polar surface area (TPSA) is 138 Å². The van der Waals surface area contributed by atoms with E-state index in [1.165, 1.54) is 28.7 Å². The lowest BCUT2D eigenvalue weighted by molar-refractivity contribution is -0.123. The minimum absolute atomic E-state index is 0.0804. The lowest BCUT2D eigenvalue weighted by Crippen LogP contribution is -2.44. The third kappa shape index (κ3) is 8.68. The number of pyridine rings is 2. The van der Waals surface area contributed by atoms with Crippen molar-refractivity contribution in [2.45, 2.75) is 52.1 Å². The van der Waals surface area contributed by atoms with Gasteiger partial charge in [-0.25, -0.2) is 4.79 Å². The van der Waals surface area contributed by atoms with E-state index >= 15 is 0 Å². The largest absolute Gasteiger partial charge is 0.453 e. The van der Waals surface area contributed by atoms with E-state index in [9.17, 15) is 19.2 Å². The monoisotopic (exact) mass is 584 g/mol. The fraction of sp³-hybridized carbons (Fsp3) is 0.414. The average molecular weight is 585 g/mol. The Morgan fingerprint density at radius 3 is 2.71 bits per heavy atom. The molecule has 0 aliphatic heterocycles. The van der Waals surface area contributed by atoms with E-state index in [0.29, 0.717) is 30.3 Å². The molecule has 0 aliphatic rings. The predicted octanol–water partition coefficient (Wildman–Crippen LogP) is 3.91. The van der Waals surface area contributed by atoms with Crippen LogP contribution < -0.4 is 16.2 Å². The summed E-state index contributed by atoms with van der Waals surface area (Å²) < 4.78 is 6.15. The predicted molar refractivity (Wildman–Crippen MR) is 159 cm³/mol. The van der Waals surface area contributed by atoms with Crippen LogP contribution in [0.15, 0.2) is 47.5 Å². The standard InChI is InChI=1S/C29H37ClN6O5/c1-18(2)15-20-21(30)17-31-24-16-19(32-26(20)24)12-14-36-13-8-10-23(28(36)39)33-27(38)22(34-29(40)41-5)9-6-7-11-25(37)35(3)4/h7-8,10-11,13,16-18,22,32H,6,9,12,14-15H2,1-5H3,(H,33,38)(H,34,40)/b11-7+/t22-/m0/s1. The van der Waals surface area contributed by atoms with E-state index in [-0.39, 0.29) is 23.6 Å². The number of ether oxygens (including phenoxy) is 1. The first-order valence-corrected chi connectivity index (χ1v) is 13.8. The van der Waals surface area contributed by atoms with Crippen LogP contribution >= 0.6 is 11.6 Å². The van der Waals surface area contributed by atoms with Crippen LogP contribution in [0, 0.1) is 5.92 Å². The summed E-state index contributed by atoms with van der Waals surface area (Å²) in [4.78, 5) is 59.0. The summed E-state index contributed by atoms with van der Waals surface area (Å²) in [5, 5.41) is 5.73. The molecule has 0 unspecified atom stereocenters. The number of carbonyl (C=O) groups is 3. The molecule has 3 heterocycles. The summed E-state index contributed by atoms with van der Waals surface area (Å²) in [7, 11) is 4.45. The van der Waals surface area contributed by atoms with Crippen molar-refractivity contribution in [1.29, 1.82) is 0 Å². The molecule has 0 aliphatic carbocycles. The third-order valence-electron chi connectivity index (χ3n) is 6.39. The molecule has 0 spiro atoms. The number of nitrogens with one attached hydrogen (secondary N) is 3. The molecule has 220 valence electrons. The molecule has 3 aromatic heterocycles. The quantitative estimate of drug-likeness (QED) is 0.276. The number of aromatic amines is 1. The van der Waals surface area contributed by atoms with Gasteiger partial charge in [-0.1, -0.05) is 31.5 Å². The summed E-state index contributed by atoms with van der Waals surface area (Å²) in [6.45, 7) is 4.62. The van der Waals surface area contributed by atoms with Crippen LogP contribution in [-0.2, 0) is 33.7 Å². The first-order chi connectivity index (χ1) is 19.5. The Bertz CT molecular complexity index is 1480. The Morgan fingerprint density at radius 1 is 1.27 bits per heavy atom. The van der Waals surface area contributed by atoms with Crippen molar-refractivity contribution in [3.05, 3.63) is 69.4 Å². The second kappa shape index (κ2) is 14.5. The Labute approximate surface area is 243 Å². The molecule has 0 saturated heterocycles. The number of hydrogen-bond donors (Lipinski definition) is 3. The van der Waals surface area contributed by atoms with Gasteiger partial charge in [0, 0.05) is 45.1 Å². The number of methoxy groups -OCH3 is 1. The lowest BCUT2D eigenvalue weighted by Gasteiger charge is -2.17. The zero-order chi connectivity index (χ0) is 30.1. The number of aromatic nitrogens is 3. The maximum atomic E-state index is 13.2. The third-order valence-corrected chi connectivity index (χ3v) is 6.72. The molecule has 3 N–H and O–H groups in total. The molecule has 0 radical (unpaired) electrons. The number of nitrogens with zero attached hydrogens (tertiary/aromatic N) is 3. The van der Waals surface area contributed by atoms with Crippen molar-refractivity contribution in [2.75, 3.05) is 26.5 Å². The molecule has 0 bridgehead atoms. The van der Waals surface area contributed by atoms with E-state index in [2.05, 4.69) is 39.2 Å². The van der Waals surface area contributed by atoms with Crippen LogP contribution in [0.2, 0.25) is 5.02 Å². The van der Waals surface area contributed by atoms with Gasteiger partial charge in [0.1, 0.15) is 11.7 Å². The van der Waals surface area contributed by atoms with Gasteiger partial charge in [-0.05, 0) is 55.0 Å². The number of aryl methyl sites for hydroxylation is 2. The molecule has 0 aromatic carbocycles. The van der Waals surface area contributed by atoms with Crippen LogP contribution in [-0.4, -0.2) is 64.6 Å². The van der Waals surface area contributed by atoms with E-state index in [1.807, 2.05) is 6.07 Å². The number of rotatable bonds is 12.